The van der Waals surface area contributed by atoms with Gasteiger partial charge in [0.05, 0.1) is 5.69 Å². The van der Waals surface area contributed by atoms with Crippen LogP contribution in [0.2, 0.25) is 0 Å². The van der Waals surface area contributed by atoms with Crippen LogP contribution in [0.15, 0.2) is 156 Å². The van der Waals surface area contributed by atoms with Gasteiger partial charge in [-0.15, -0.1) is 0 Å². The summed E-state index contributed by atoms with van der Waals surface area (Å²) < 4.78 is 18.1. The van der Waals surface area contributed by atoms with E-state index in [-0.39, 0.29) is 11.2 Å². The van der Waals surface area contributed by atoms with Crippen LogP contribution in [0.3, 0.4) is 0 Å². The second-order valence-electron chi connectivity index (χ2n) is 12.4. The molecule has 2 aliphatic carbocycles. The van der Waals surface area contributed by atoms with Gasteiger partial charge in [-0.05, 0) is 105 Å². The second-order valence-corrected chi connectivity index (χ2v) is 13.2. The summed E-state index contributed by atoms with van der Waals surface area (Å²) in [5.41, 5.74) is 11.3. The Balaban J connectivity index is 1.30. The molecule has 46 heavy (non-hydrogen) atoms. The van der Waals surface area contributed by atoms with Crippen molar-refractivity contribution in [3.8, 4) is 33.4 Å². The van der Waals surface area contributed by atoms with Crippen molar-refractivity contribution in [2.24, 2.45) is 0 Å². The van der Waals surface area contributed by atoms with Crippen molar-refractivity contribution in [2.75, 3.05) is 4.90 Å². The van der Waals surface area contributed by atoms with Crippen LogP contribution < -0.4 is 4.90 Å². The largest absolute Gasteiger partial charge is 0.307 e. The molecule has 0 N–H and O–H groups in total. The lowest BCUT2D eigenvalue weighted by atomic mass is 9.74. The summed E-state index contributed by atoms with van der Waals surface area (Å²) in [5.74, 6) is -0.261. The monoisotopic (exact) mass is 657 g/mol. The lowest BCUT2D eigenvalue weighted by molar-refractivity contribution is 0.629. The third-order valence-electron chi connectivity index (χ3n) is 9.81. The summed E-state index contributed by atoms with van der Waals surface area (Å²) in [4.78, 5) is 2.11. The maximum atomic E-state index is 16.9. The predicted molar refractivity (Wildman–Crippen MR) is 193 cm³/mol. The van der Waals surface area contributed by atoms with Crippen molar-refractivity contribution in [1.29, 1.82) is 0 Å². The minimum Gasteiger partial charge on any atom is -0.307 e. The Morgan fingerprint density at radius 2 is 1.20 bits per heavy atom. The van der Waals surface area contributed by atoms with Gasteiger partial charge in [-0.2, -0.15) is 0 Å². The fourth-order valence-corrected chi connectivity index (χ4v) is 8.01. The molecular formula is C43H29BrFN. The van der Waals surface area contributed by atoms with Gasteiger partial charge in [0.1, 0.15) is 5.82 Å². The Labute approximate surface area is 276 Å². The molecule has 1 saturated carbocycles. The SMILES string of the molecule is Fc1cc(-c2ccccc2)cc(-c2ccccc2)c1N(c1ccccc1)c1ccc2c(c1)C1(CC1)c1cccc3c(Br)ccc-2c13. The molecule has 1 nitrogen and oxygen atoms in total. The molecule has 1 fully saturated rings. The van der Waals surface area contributed by atoms with E-state index in [1.165, 1.54) is 33.0 Å². The predicted octanol–water partition coefficient (Wildman–Crippen LogP) is 12.6. The van der Waals surface area contributed by atoms with E-state index in [1.807, 2.05) is 66.7 Å². The Hall–Kier alpha value is -4.99. The number of nitrogens with zero attached hydrogens (tertiary/aromatic N) is 1. The number of rotatable bonds is 5. The van der Waals surface area contributed by atoms with E-state index in [0.29, 0.717) is 5.69 Å². The van der Waals surface area contributed by atoms with Gasteiger partial charge >= 0.3 is 0 Å². The average Bonchev–Trinajstić information content (AvgIpc) is 3.91. The number of halogens is 2. The summed E-state index contributed by atoms with van der Waals surface area (Å²) in [6.45, 7) is 0. The fraction of sp³-hybridized carbons (Fsp3) is 0.0698. The van der Waals surface area contributed by atoms with Crippen LogP contribution >= 0.6 is 15.9 Å². The van der Waals surface area contributed by atoms with Crippen LogP contribution in [0.4, 0.5) is 21.5 Å². The quantitative estimate of drug-likeness (QED) is 0.178. The zero-order chi connectivity index (χ0) is 30.8. The highest BCUT2D eigenvalue weighted by Crippen LogP contribution is 2.62. The molecule has 0 bridgehead atoms. The topological polar surface area (TPSA) is 3.24 Å². The van der Waals surface area contributed by atoms with E-state index in [1.54, 1.807) is 6.07 Å². The van der Waals surface area contributed by atoms with Gasteiger partial charge in [0.25, 0.3) is 0 Å². The van der Waals surface area contributed by atoms with Gasteiger partial charge in [-0.25, -0.2) is 4.39 Å². The lowest BCUT2D eigenvalue weighted by Crippen LogP contribution is -2.18. The van der Waals surface area contributed by atoms with Crippen LogP contribution in [0.1, 0.15) is 24.0 Å². The standard InChI is InChI=1S/C43H29BrFN/c44-39-22-21-34-33-20-19-32(27-38(33)43(23-24-43)37-18-10-17-35(39)41(34)37)46(31-15-8-3-9-16-31)42-36(29-13-6-2-7-14-29)25-30(26-40(42)45)28-11-4-1-5-12-28/h1-22,25-27H,23-24H2. The second kappa shape index (κ2) is 10.5. The van der Waals surface area contributed by atoms with Crippen LogP contribution in [0.25, 0.3) is 44.2 Å². The molecule has 7 aromatic carbocycles. The van der Waals surface area contributed by atoms with Crippen LogP contribution in [0, 0.1) is 5.82 Å². The molecule has 9 rings (SSSR count). The lowest BCUT2D eigenvalue weighted by Gasteiger charge is -2.33. The molecule has 0 atom stereocenters. The van der Waals surface area contributed by atoms with Crippen molar-refractivity contribution in [2.45, 2.75) is 18.3 Å². The molecule has 1 spiro atoms. The van der Waals surface area contributed by atoms with E-state index in [4.69, 9.17) is 0 Å². The molecule has 0 aromatic heterocycles. The maximum absolute atomic E-state index is 16.9. The molecule has 220 valence electrons. The van der Waals surface area contributed by atoms with Gasteiger partial charge in [-0.3, -0.25) is 0 Å². The number of benzene rings is 7. The van der Waals surface area contributed by atoms with Crippen molar-refractivity contribution in [3.05, 3.63) is 173 Å². The molecule has 0 radical (unpaired) electrons. The normalized spacial score (nSPS) is 13.9. The molecule has 0 amide bonds. The van der Waals surface area contributed by atoms with Crippen molar-refractivity contribution >= 4 is 43.8 Å². The van der Waals surface area contributed by atoms with Crippen LogP contribution in [-0.4, -0.2) is 0 Å². The number of para-hydroxylation sites is 1. The summed E-state index contributed by atoms with van der Waals surface area (Å²) in [6, 6.07) is 52.1. The number of hydrogen-bond acceptors (Lipinski definition) is 1. The highest BCUT2D eigenvalue weighted by molar-refractivity contribution is 9.10. The first-order chi connectivity index (χ1) is 22.6. The Morgan fingerprint density at radius 1 is 0.522 bits per heavy atom. The van der Waals surface area contributed by atoms with Crippen LogP contribution in [0.5, 0.6) is 0 Å². The van der Waals surface area contributed by atoms with Gasteiger partial charge in [0.15, 0.2) is 0 Å². The molecule has 0 aliphatic heterocycles. The molecule has 3 heteroatoms. The van der Waals surface area contributed by atoms with Crippen LogP contribution in [-0.2, 0) is 5.41 Å². The molecular weight excluding hydrogens is 629 g/mol. The van der Waals surface area contributed by atoms with E-state index < -0.39 is 0 Å². The minimum absolute atomic E-state index is 0.0288. The van der Waals surface area contributed by atoms with E-state index in [2.05, 4.69) is 99.7 Å². The molecule has 2 aliphatic rings. The summed E-state index contributed by atoms with van der Waals surface area (Å²) >= 11 is 3.81. The summed E-state index contributed by atoms with van der Waals surface area (Å²) in [5, 5.41) is 2.61. The number of fused-ring (bicyclic) bond motifs is 4. The van der Waals surface area contributed by atoms with Gasteiger partial charge in [-0.1, -0.05) is 125 Å². The molecule has 0 saturated heterocycles. The first-order valence-corrected chi connectivity index (χ1v) is 16.6. The zero-order valence-electron chi connectivity index (χ0n) is 25.1. The number of anilines is 3. The number of hydrogen-bond donors (Lipinski definition) is 0. The minimum atomic E-state index is -0.261. The molecule has 7 aromatic rings. The van der Waals surface area contributed by atoms with E-state index in [9.17, 15) is 0 Å². The average molecular weight is 659 g/mol. The first kappa shape index (κ1) is 27.3. The summed E-state index contributed by atoms with van der Waals surface area (Å²) in [7, 11) is 0. The van der Waals surface area contributed by atoms with E-state index >= 15 is 4.39 Å². The van der Waals surface area contributed by atoms with E-state index in [0.717, 1.165) is 50.9 Å². The Morgan fingerprint density at radius 3 is 1.91 bits per heavy atom. The molecule has 0 unspecified atom stereocenters. The fourth-order valence-electron chi connectivity index (χ4n) is 7.55. The first-order valence-electron chi connectivity index (χ1n) is 15.8. The van der Waals surface area contributed by atoms with Gasteiger partial charge in [0.2, 0.25) is 0 Å². The zero-order valence-corrected chi connectivity index (χ0v) is 26.6. The maximum Gasteiger partial charge on any atom is 0.148 e. The Kier molecular flexibility index (Phi) is 6.26. The Bertz CT molecular complexity index is 2280. The highest BCUT2D eigenvalue weighted by Gasteiger charge is 2.50. The van der Waals surface area contributed by atoms with Crippen molar-refractivity contribution in [3.63, 3.8) is 0 Å². The third kappa shape index (κ3) is 4.19. The smallest absolute Gasteiger partial charge is 0.148 e. The van der Waals surface area contributed by atoms with Gasteiger partial charge < -0.3 is 4.90 Å². The summed E-state index contributed by atoms with van der Waals surface area (Å²) in [6.07, 6.45) is 2.21. The third-order valence-corrected chi connectivity index (χ3v) is 10.5. The van der Waals surface area contributed by atoms with Crippen molar-refractivity contribution in [1.82, 2.24) is 0 Å². The van der Waals surface area contributed by atoms with Crippen molar-refractivity contribution < 1.29 is 4.39 Å². The van der Waals surface area contributed by atoms with Gasteiger partial charge in [0, 0.05) is 26.8 Å². The molecule has 0 heterocycles. The highest BCUT2D eigenvalue weighted by atomic mass is 79.9.